The van der Waals surface area contributed by atoms with E-state index in [2.05, 4.69) is 35.2 Å². The molecular formula is C22H23N3O. The number of hydrogen-bond acceptors (Lipinski definition) is 3. The normalized spacial score (nSPS) is 14.6. The lowest BCUT2D eigenvalue weighted by Crippen LogP contribution is -2.49. The van der Waals surface area contributed by atoms with E-state index in [0.29, 0.717) is 6.42 Å². The predicted molar refractivity (Wildman–Crippen MR) is 105 cm³/mol. The Hall–Kier alpha value is -2.88. The molecular weight excluding hydrogens is 322 g/mol. The van der Waals surface area contributed by atoms with E-state index in [-0.39, 0.29) is 5.91 Å². The number of carbonyl (C=O) groups excluding carboxylic acids is 1. The summed E-state index contributed by atoms with van der Waals surface area (Å²) < 4.78 is 0. The van der Waals surface area contributed by atoms with Gasteiger partial charge in [0.15, 0.2) is 0 Å². The molecule has 0 spiro atoms. The van der Waals surface area contributed by atoms with Gasteiger partial charge in [-0.15, -0.1) is 0 Å². The molecule has 1 amide bonds. The smallest absolute Gasteiger partial charge is 0.223 e. The van der Waals surface area contributed by atoms with Crippen LogP contribution in [0.15, 0.2) is 66.7 Å². The number of nitrogens with zero attached hydrogens (tertiary/aromatic N) is 3. The van der Waals surface area contributed by atoms with E-state index >= 15 is 0 Å². The monoisotopic (exact) mass is 345 g/mol. The molecule has 0 bridgehead atoms. The first kappa shape index (κ1) is 16.6. The van der Waals surface area contributed by atoms with Crippen molar-refractivity contribution in [3.05, 3.63) is 72.3 Å². The van der Waals surface area contributed by atoms with Gasteiger partial charge in [-0.05, 0) is 30.2 Å². The third kappa shape index (κ3) is 3.69. The van der Waals surface area contributed by atoms with Crippen LogP contribution in [0.5, 0.6) is 0 Å². The van der Waals surface area contributed by atoms with Gasteiger partial charge in [-0.3, -0.25) is 4.79 Å². The van der Waals surface area contributed by atoms with Crippen molar-refractivity contribution >= 4 is 22.6 Å². The summed E-state index contributed by atoms with van der Waals surface area (Å²) in [7, 11) is 0. The van der Waals surface area contributed by atoms with E-state index in [1.807, 2.05) is 41.3 Å². The van der Waals surface area contributed by atoms with E-state index in [9.17, 15) is 4.79 Å². The van der Waals surface area contributed by atoms with Crippen molar-refractivity contribution < 1.29 is 4.79 Å². The molecule has 26 heavy (non-hydrogen) atoms. The van der Waals surface area contributed by atoms with Crippen molar-refractivity contribution in [2.45, 2.75) is 12.8 Å². The minimum atomic E-state index is 0.250. The lowest BCUT2D eigenvalue weighted by atomic mass is 10.1. The number of benzene rings is 2. The Bertz CT molecular complexity index is 886. The highest BCUT2D eigenvalue weighted by Crippen LogP contribution is 2.19. The van der Waals surface area contributed by atoms with E-state index in [0.717, 1.165) is 49.3 Å². The molecule has 0 aliphatic carbocycles. The molecule has 1 aromatic heterocycles. The fourth-order valence-electron chi connectivity index (χ4n) is 3.47. The van der Waals surface area contributed by atoms with Gasteiger partial charge in [-0.1, -0.05) is 48.5 Å². The van der Waals surface area contributed by atoms with Crippen molar-refractivity contribution in [3.8, 4) is 0 Å². The Morgan fingerprint density at radius 3 is 2.38 bits per heavy atom. The maximum absolute atomic E-state index is 12.5. The fraction of sp³-hybridized carbons (Fsp3) is 0.273. The van der Waals surface area contributed by atoms with E-state index < -0.39 is 0 Å². The average molecular weight is 345 g/mol. The van der Waals surface area contributed by atoms with Gasteiger partial charge in [0.25, 0.3) is 0 Å². The van der Waals surface area contributed by atoms with E-state index in [1.54, 1.807) is 0 Å². The molecule has 1 aliphatic rings. The molecule has 1 fully saturated rings. The first-order valence-electron chi connectivity index (χ1n) is 9.22. The molecule has 4 rings (SSSR count). The summed E-state index contributed by atoms with van der Waals surface area (Å²) >= 11 is 0. The number of aromatic nitrogens is 1. The second kappa shape index (κ2) is 7.56. The number of pyridine rings is 1. The SMILES string of the molecule is O=C(CCc1ccccc1)N1CCN(c2ccc3ccccc3n2)CC1. The Labute approximate surface area is 154 Å². The van der Waals surface area contributed by atoms with Crippen molar-refractivity contribution in [2.24, 2.45) is 0 Å². The number of aryl methyl sites for hydroxylation is 1. The summed E-state index contributed by atoms with van der Waals surface area (Å²) in [5, 5.41) is 1.16. The zero-order chi connectivity index (χ0) is 17.8. The summed E-state index contributed by atoms with van der Waals surface area (Å²) in [4.78, 5) is 21.5. The molecule has 0 saturated carbocycles. The molecule has 0 radical (unpaired) electrons. The van der Waals surface area contributed by atoms with E-state index in [1.165, 1.54) is 5.56 Å². The van der Waals surface area contributed by atoms with Crippen LogP contribution in [0.4, 0.5) is 5.82 Å². The lowest BCUT2D eigenvalue weighted by Gasteiger charge is -2.35. The summed E-state index contributed by atoms with van der Waals surface area (Å²) in [6.45, 7) is 3.20. The molecule has 2 heterocycles. The quantitative estimate of drug-likeness (QED) is 0.726. The third-order valence-electron chi connectivity index (χ3n) is 5.01. The molecule has 4 heteroatoms. The minimum absolute atomic E-state index is 0.250. The van der Waals surface area contributed by atoms with Crippen molar-refractivity contribution in [1.82, 2.24) is 9.88 Å². The summed E-state index contributed by atoms with van der Waals surface area (Å²) in [5.41, 5.74) is 2.24. The van der Waals surface area contributed by atoms with Gasteiger partial charge in [0.2, 0.25) is 5.91 Å². The second-order valence-corrected chi connectivity index (χ2v) is 6.72. The highest BCUT2D eigenvalue weighted by atomic mass is 16.2. The molecule has 2 aromatic carbocycles. The Kier molecular flexibility index (Phi) is 4.82. The van der Waals surface area contributed by atoms with E-state index in [4.69, 9.17) is 4.98 Å². The minimum Gasteiger partial charge on any atom is -0.353 e. The van der Waals surface area contributed by atoms with Gasteiger partial charge < -0.3 is 9.80 Å². The van der Waals surface area contributed by atoms with Gasteiger partial charge in [0.05, 0.1) is 5.52 Å². The second-order valence-electron chi connectivity index (χ2n) is 6.72. The third-order valence-corrected chi connectivity index (χ3v) is 5.01. The topological polar surface area (TPSA) is 36.4 Å². The zero-order valence-electron chi connectivity index (χ0n) is 14.8. The van der Waals surface area contributed by atoms with Crippen LogP contribution in [0.2, 0.25) is 0 Å². The predicted octanol–water partition coefficient (Wildman–Crippen LogP) is 3.52. The van der Waals surface area contributed by atoms with Gasteiger partial charge >= 0.3 is 0 Å². The molecule has 0 unspecified atom stereocenters. The number of carbonyl (C=O) groups is 1. The van der Waals surface area contributed by atoms with Crippen LogP contribution < -0.4 is 4.90 Å². The zero-order valence-corrected chi connectivity index (χ0v) is 14.8. The van der Waals surface area contributed by atoms with Gasteiger partial charge in [-0.2, -0.15) is 0 Å². The van der Waals surface area contributed by atoms with Crippen LogP contribution in [-0.2, 0) is 11.2 Å². The molecule has 3 aromatic rings. The van der Waals surface area contributed by atoms with Crippen LogP contribution >= 0.6 is 0 Å². The summed E-state index contributed by atoms with van der Waals surface area (Å²) in [6, 6.07) is 22.6. The van der Waals surface area contributed by atoms with Crippen LogP contribution in [0.1, 0.15) is 12.0 Å². The molecule has 1 saturated heterocycles. The van der Waals surface area contributed by atoms with Gasteiger partial charge in [0.1, 0.15) is 5.82 Å². The maximum atomic E-state index is 12.5. The Morgan fingerprint density at radius 2 is 1.58 bits per heavy atom. The largest absolute Gasteiger partial charge is 0.353 e. The summed E-state index contributed by atoms with van der Waals surface area (Å²) in [6.07, 6.45) is 1.39. The van der Waals surface area contributed by atoms with Crippen molar-refractivity contribution in [1.29, 1.82) is 0 Å². The molecule has 4 nitrogen and oxygen atoms in total. The molecule has 0 atom stereocenters. The maximum Gasteiger partial charge on any atom is 0.223 e. The van der Waals surface area contributed by atoms with Crippen LogP contribution in [0.3, 0.4) is 0 Å². The standard InChI is InChI=1S/C22H23N3O/c26-22(13-10-18-6-2-1-3-7-18)25-16-14-24(15-17-25)21-12-11-19-8-4-5-9-20(19)23-21/h1-9,11-12H,10,13-17H2. The first-order chi connectivity index (χ1) is 12.8. The first-order valence-corrected chi connectivity index (χ1v) is 9.22. The highest BCUT2D eigenvalue weighted by Gasteiger charge is 2.21. The molecule has 0 N–H and O–H groups in total. The Morgan fingerprint density at radius 1 is 0.846 bits per heavy atom. The fourth-order valence-corrected chi connectivity index (χ4v) is 3.47. The van der Waals surface area contributed by atoms with Crippen LogP contribution in [0, 0.1) is 0 Å². The van der Waals surface area contributed by atoms with Crippen molar-refractivity contribution in [3.63, 3.8) is 0 Å². The molecule has 132 valence electrons. The number of piperazine rings is 1. The summed E-state index contributed by atoms with van der Waals surface area (Å²) in [5.74, 6) is 1.25. The number of hydrogen-bond donors (Lipinski definition) is 0. The number of para-hydroxylation sites is 1. The highest BCUT2D eigenvalue weighted by molar-refractivity contribution is 5.80. The van der Waals surface area contributed by atoms with Crippen LogP contribution in [-0.4, -0.2) is 42.0 Å². The number of amides is 1. The van der Waals surface area contributed by atoms with Gasteiger partial charge in [0, 0.05) is 38.0 Å². The van der Waals surface area contributed by atoms with Crippen molar-refractivity contribution in [2.75, 3.05) is 31.1 Å². The lowest BCUT2D eigenvalue weighted by molar-refractivity contribution is -0.131. The number of fused-ring (bicyclic) bond motifs is 1. The average Bonchev–Trinajstić information content (AvgIpc) is 2.72. The number of rotatable bonds is 4. The van der Waals surface area contributed by atoms with Gasteiger partial charge in [-0.25, -0.2) is 4.98 Å². The molecule has 1 aliphatic heterocycles. The van der Waals surface area contributed by atoms with Crippen LogP contribution in [0.25, 0.3) is 10.9 Å². The number of anilines is 1. The Balaban J connectivity index is 1.33.